The van der Waals surface area contributed by atoms with E-state index in [0.29, 0.717) is 20.5 Å². The van der Waals surface area contributed by atoms with Crippen LogP contribution in [-0.4, -0.2) is 14.5 Å². The molecule has 0 unspecified atom stereocenters. The van der Waals surface area contributed by atoms with Gasteiger partial charge in [0.25, 0.3) is 0 Å². The normalized spacial score (nSPS) is 11.1. The molecule has 2 aromatic heterocycles. The van der Waals surface area contributed by atoms with Gasteiger partial charge in [-0.2, -0.15) is 0 Å². The standard InChI is InChI=1S/C12H6BrCl2N3S/c13-8-2-1-7(4-9(8)15)18-11-10(17-12(18)19)3-6(14)5-16-11/h1-5H,(H,17,19). The van der Waals surface area contributed by atoms with Gasteiger partial charge in [0.05, 0.1) is 21.2 Å². The highest BCUT2D eigenvalue weighted by molar-refractivity contribution is 9.10. The van der Waals surface area contributed by atoms with Crippen LogP contribution in [0.25, 0.3) is 16.9 Å². The minimum Gasteiger partial charge on any atom is -0.329 e. The summed E-state index contributed by atoms with van der Waals surface area (Å²) in [5.41, 5.74) is 2.35. The molecule has 0 saturated heterocycles. The van der Waals surface area contributed by atoms with Crippen LogP contribution in [0.4, 0.5) is 0 Å². The van der Waals surface area contributed by atoms with Gasteiger partial charge in [0.15, 0.2) is 10.4 Å². The smallest absolute Gasteiger partial charge is 0.183 e. The lowest BCUT2D eigenvalue weighted by Gasteiger charge is -2.05. The maximum Gasteiger partial charge on any atom is 0.183 e. The molecule has 96 valence electrons. The van der Waals surface area contributed by atoms with Gasteiger partial charge in [-0.3, -0.25) is 4.57 Å². The zero-order chi connectivity index (χ0) is 13.6. The van der Waals surface area contributed by atoms with Crippen LogP contribution in [0.1, 0.15) is 0 Å². The number of benzene rings is 1. The number of H-pyrrole nitrogens is 1. The summed E-state index contributed by atoms with van der Waals surface area (Å²) in [5, 5.41) is 1.17. The Kier molecular flexibility index (Phi) is 3.39. The molecular weight excluding hydrogens is 369 g/mol. The van der Waals surface area contributed by atoms with Crippen molar-refractivity contribution in [3.63, 3.8) is 0 Å². The summed E-state index contributed by atoms with van der Waals surface area (Å²) in [6.07, 6.45) is 1.59. The van der Waals surface area contributed by atoms with Crippen LogP contribution in [0, 0.1) is 4.77 Å². The number of hydrogen-bond donors (Lipinski definition) is 1. The van der Waals surface area contributed by atoms with Crippen molar-refractivity contribution in [2.75, 3.05) is 0 Å². The zero-order valence-electron chi connectivity index (χ0n) is 9.32. The number of halogens is 3. The number of hydrogen-bond acceptors (Lipinski definition) is 2. The van der Waals surface area contributed by atoms with Gasteiger partial charge in [0, 0.05) is 10.7 Å². The van der Waals surface area contributed by atoms with E-state index in [1.165, 1.54) is 0 Å². The molecule has 7 heteroatoms. The molecule has 3 aromatic rings. The van der Waals surface area contributed by atoms with Crippen LogP contribution in [0.15, 0.2) is 34.9 Å². The van der Waals surface area contributed by atoms with E-state index in [1.54, 1.807) is 12.3 Å². The van der Waals surface area contributed by atoms with Crippen LogP contribution in [0.2, 0.25) is 10.0 Å². The minimum absolute atomic E-state index is 0.545. The van der Waals surface area contributed by atoms with Crippen molar-refractivity contribution >= 4 is 62.5 Å². The lowest BCUT2D eigenvalue weighted by molar-refractivity contribution is 1.04. The highest BCUT2D eigenvalue weighted by Crippen LogP contribution is 2.27. The van der Waals surface area contributed by atoms with E-state index in [1.807, 2.05) is 22.8 Å². The monoisotopic (exact) mass is 373 g/mol. The van der Waals surface area contributed by atoms with Crippen LogP contribution >= 0.6 is 51.3 Å². The van der Waals surface area contributed by atoms with Gasteiger partial charge in [-0.25, -0.2) is 4.98 Å². The number of fused-ring (bicyclic) bond motifs is 1. The third-order valence-corrected chi connectivity index (χ3v) is 4.37. The summed E-state index contributed by atoms with van der Waals surface area (Å²) in [6.45, 7) is 0. The number of imidazole rings is 1. The lowest BCUT2D eigenvalue weighted by Crippen LogP contribution is -1.95. The van der Waals surface area contributed by atoms with E-state index in [4.69, 9.17) is 35.4 Å². The van der Waals surface area contributed by atoms with Crippen molar-refractivity contribution in [1.29, 1.82) is 0 Å². The van der Waals surface area contributed by atoms with E-state index < -0.39 is 0 Å². The second kappa shape index (κ2) is 4.90. The van der Waals surface area contributed by atoms with Gasteiger partial charge >= 0.3 is 0 Å². The largest absolute Gasteiger partial charge is 0.329 e. The number of aromatic amines is 1. The van der Waals surface area contributed by atoms with Crippen LogP contribution < -0.4 is 0 Å². The summed E-state index contributed by atoms with van der Waals surface area (Å²) >= 11 is 20.7. The molecule has 0 aliphatic rings. The molecular formula is C12H6BrCl2N3S. The fraction of sp³-hybridized carbons (Fsp3) is 0. The molecule has 0 atom stereocenters. The van der Waals surface area contributed by atoms with Gasteiger partial charge in [0.2, 0.25) is 0 Å². The Morgan fingerprint density at radius 1 is 1.26 bits per heavy atom. The topological polar surface area (TPSA) is 33.6 Å². The van der Waals surface area contributed by atoms with Crippen molar-refractivity contribution < 1.29 is 0 Å². The summed E-state index contributed by atoms with van der Waals surface area (Å²) in [4.78, 5) is 7.38. The first-order chi connectivity index (χ1) is 9.06. The molecule has 0 fully saturated rings. The fourth-order valence-corrected chi connectivity index (χ4v) is 2.71. The van der Waals surface area contributed by atoms with Crippen LogP contribution in [0.3, 0.4) is 0 Å². The molecule has 0 amide bonds. The number of aromatic nitrogens is 3. The Morgan fingerprint density at radius 2 is 2.05 bits per heavy atom. The molecule has 0 bridgehead atoms. The second-order valence-corrected chi connectivity index (χ2v) is 5.97. The van der Waals surface area contributed by atoms with E-state index in [2.05, 4.69) is 25.9 Å². The Labute approximate surface area is 132 Å². The van der Waals surface area contributed by atoms with Crippen molar-refractivity contribution in [2.24, 2.45) is 0 Å². The van der Waals surface area contributed by atoms with Gasteiger partial charge in [0.1, 0.15) is 0 Å². The molecule has 1 aromatic carbocycles. The van der Waals surface area contributed by atoms with Crippen molar-refractivity contribution in [3.8, 4) is 5.69 Å². The molecule has 2 heterocycles. The van der Waals surface area contributed by atoms with Gasteiger partial charge in [-0.1, -0.05) is 23.2 Å². The predicted molar refractivity (Wildman–Crippen MR) is 84.0 cm³/mol. The second-order valence-electron chi connectivity index (χ2n) is 3.89. The summed E-state index contributed by atoms with van der Waals surface area (Å²) in [7, 11) is 0. The first kappa shape index (κ1) is 13.1. The third kappa shape index (κ3) is 2.31. The van der Waals surface area contributed by atoms with Gasteiger partial charge in [-0.15, -0.1) is 0 Å². The van der Waals surface area contributed by atoms with Gasteiger partial charge in [-0.05, 0) is 52.4 Å². The highest BCUT2D eigenvalue weighted by atomic mass is 79.9. The highest BCUT2D eigenvalue weighted by Gasteiger charge is 2.09. The third-order valence-electron chi connectivity index (χ3n) is 2.65. The minimum atomic E-state index is 0.545. The van der Waals surface area contributed by atoms with Crippen molar-refractivity contribution in [2.45, 2.75) is 0 Å². The average molecular weight is 375 g/mol. The molecule has 19 heavy (non-hydrogen) atoms. The Morgan fingerprint density at radius 3 is 2.79 bits per heavy atom. The van der Waals surface area contributed by atoms with Gasteiger partial charge < -0.3 is 4.98 Å². The number of nitrogens with zero attached hydrogens (tertiary/aromatic N) is 2. The van der Waals surface area contributed by atoms with Crippen LogP contribution in [-0.2, 0) is 0 Å². The molecule has 3 rings (SSSR count). The molecule has 0 aliphatic carbocycles. The fourth-order valence-electron chi connectivity index (χ4n) is 1.83. The average Bonchev–Trinajstić information content (AvgIpc) is 2.68. The molecule has 0 saturated carbocycles. The van der Waals surface area contributed by atoms with Crippen molar-refractivity contribution in [3.05, 3.63) is 49.8 Å². The first-order valence-electron chi connectivity index (χ1n) is 5.28. The Bertz CT molecular complexity index is 841. The first-order valence-corrected chi connectivity index (χ1v) is 7.23. The molecule has 0 radical (unpaired) electrons. The zero-order valence-corrected chi connectivity index (χ0v) is 13.2. The van der Waals surface area contributed by atoms with Crippen molar-refractivity contribution in [1.82, 2.24) is 14.5 Å². The molecule has 3 nitrogen and oxygen atoms in total. The Hall–Kier alpha value is -0.880. The predicted octanol–water partition coefficient (Wildman–Crippen LogP) is 5.15. The number of rotatable bonds is 1. The SMILES string of the molecule is S=c1[nH]c2cc(Cl)cnc2n1-c1ccc(Br)c(Cl)c1. The summed E-state index contributed by atoms with van der Waals surface area (Å²) < 4.78 is 3.20. The van der Waals surface area contributed by atoms with E-state index in [-0.39, 0.29) is 0 Å². The number of pyridine rings is 1. The molecule has 1 N–H and O–H groups in total. The maximum absolute atomic E-state index is 6.11. The Balaban J connectivity index is 2.32. The van der Waals surface area contributed by atoms with Crippen LogP contribution in [0.5, 0.6) is 0 Å². The van der Waals surface area contributed by atoms with E-state index >= 15 is 0 Å². The summed E-state index contributed by atoms with van der Waals surface area (Å²) in [5.74, 6) is 0. The quantitative estimate of drug-likeness (QED) is 0.597. The van der Waals surface area contributed by atoms with E-state index in [9.17, 15) is 0 Å². The molecule has 0 spiro atoms. The molecule has 0 aliphatic heterocycles. The summed E-state index contributed by atoms with van der Waals surface area (Å²) in [6, 6.07) is 7.39. The van der Waals surface area contributed by atoms with E-state index in [0.717, 1.165) is 15.7 Å². The lowest BCUT2D eigenvalue weighted by atomic mass is 10.3. The maximum atomic E-state index is 6.11. The number of nitrogens with one attached hydrogen (secondary N) is 1.